The molecule has 2 aliphatic heterocycles. The number of carbonyl (C=O) groups excluding carboxylic acids is 1. The first kappa shape index (κ1) is 36.1. The molecule has 0 radical (unpaired) electrons. The van der Waals surface area contributed by atoms with Gasteiger partial charge in [0.05, 0.1) is 45.7 Å². The van der Waals surface area contributed by atoms with Gasteiger partial charge >= 0.3 is 0 Å². The average Bonchev–Trinajstić information content (AvgIpc) is 3.09. The number of amides is 1. The highest BCUT2D eigenvalue weighted by Gasteiger charge is 2.36. The molecule has 2 aromatic carbocycles. The maximum absolute atomic E-state index is 13.7. The summed E-state index contributed by atoms with van der Waals surface area (Å²) < 4.78 is 31.3. The van der Waals surface area contributed by atoms with E-state index in [1.165, 1.54) is 44.9 Å². The number of carbonyl (C=O) groups is 1. The maximum Gasteiger partial charge on any atom is 0.251 e. The minimum Gasteiger partial charge on any atom is -0.497 e. The molecule has 46 heavy (non-hydrogen) atoms. The highest BCUT2D eigenvalue weighted by molar-refractivity contribution is 5.81. The van der Waals surface area contributed by atoms with Gasteiger partial charge in [-0.05, 0) is 48.9 Å². The molecule has 1 saturated heterocycles. The van der Waals surface area contributed by atoms with Crippen LogP contribution in [0.25, 0.3) is 0 Å². The van der Waals surface area contributed by atoms with Crippen molar-refractivity contribution >= 4 is 5.91 Å². The first-order valence-electron chi connectivity index (χ1n) is 17.7. The van der Waals surface area contributed by atoms with E-state index in [0.717, 1.165) is 36.1 Å². The lowest BCUT2D eigenvalue weighted by atomic mass is 9.96. The number of ether oxygens (including phenoxy) is 5. The molecule has 2 aliphatic rings. The number of benzene rings is 2. The number of methoxy groups -OCH3 is 1. The molecule has 4 rings (SSSR count). The molecule has 1 fully saturated rings. The molecule has 254 valence electrons. The molecule has 7 nitrogen and oxygen atoms in total. The van der Waals surface area contributed by atoms with Crippen molar-refractivity contribution in [3.05, 3.63) is 77.9 Å². The van der Waals surface area contributed by atoms with Crippen LogP contribution in [0, 0.1) is 0 Å². The van der Waals surface area contributed by atoms with Crippen molar-refractivity contribution in [3.63, 3.8) is 0 Å². The van der Waals surface area contributed by atoms with Gasteiger partial charge in [-0.3, -0.25) is 4.79 Å². The van der Waals surface area contributed by atoms with E-state index >= 15 is 0 Å². The van der Waals surface area contributed by atoms with Gasteiger partial charge in [0.1, 0.15) is 18.0 Å². The van der Waals surface area contributed by atoms with E-state index < -0.39 is 6.10 Å². The summed E-state index contributed by atoms with van der Waals surface area (Å²) in [4.78, 5) is 15.6. The van der Waals surface area contributed by atoms with Crippen LogP contribution in [0.2, 0.25) is 0 Å². The third-order valence-corrected chi connectivity index (χ3v) is 9.05. The van der Waals surface area contributed by atoms with Gasteiger partial charge in [-0.2, -0.15) is 0 Å². The van der Waals surface area contributed by atoms with Crippen molar-refractivity contribution in [2.75, 3.05) is 33.4 Å². The summed E-state index contributed by atoms with van der Waals surface area (Å²) in [5.74, 6) is 0.874. The smallest absolute Gasteiger partial charge is 0.251 e. The van der Waals surface area contributed by atoms with Crippen molar-refractivity contribution in [2.24, 2.45) is 0 Å². The largest absolute Gasteiger partial charge is 0.497 e. The van der Waals surface area contributed by atoms with Crippen LogP contribution >= 0.6 is 0 Å². The lowest BCUT2D eigenvalue weighted by Crippen LogP contribution is -2.50. The Balaban J connectivity index is 1.52. The van der Waals surface area contributed by atoms with Gasteiger partial charge in [0, 0.05) is 13.1 Å². The standard InChI is InChI=1S/C39H57NO6/c1-3-4-5-6-7-8-9-14-19-35(44-30-32-17-12-10-13-18-32)38(45-31-33-22-24-34(42-2)25-23-33)36-20-15-11-16-21-37(46-36)39(41)40-26-28-43-29-27-40/h10-13,15,17-18,22-25,35-38H,3-9,14,16,19-21,26-31H2,1-2H3/b15-11-/t35-,36+,37?,38+/m1/s1. The number of hydrogen-bond acceptors (Lipinski definition) is 6. The van der Waals surface area contributed by atoms with Crippen LogP contribution in [0.3, 0.4) is 0 Å². The van der Waals surface area contributed by atoms with Crippen LogP contribution in [0.1, 0.15) is 95.1 Å². The second-order valence-corrected chi connectivity index (χ2v) is 12.6. The fourth-order valence-corrected chi connectivity index (χ4v) is 6.28. The Hall–Kier alpha value is -2.71. The molecule has 0 aliphatic carbocycles. The molecule has 1 unspecified atom stereocenters. The molecule has 1 amide bonds. The van der Waals surface area contributed by atoms with Crippen LogP contribution in [0.15, 0.2) is 66.7 Å². The predicted molar refractivity (Wildman–Crippen MR) is 183 cm³/mol. The number of morpholine rings is 1. The van der Waals surface area contributed by atoms with E-state index in [9.17, 15) is 4.79 Å². The average molecular weight is 636 g/mol. The van der Waals surface area contributed by atoms with E-state index in [-0.39, 0.29) is 24.2 Å². The summed E-state index contributed by atoms with van der Waals surface area (Å²) in [7, 11) is 1.68. The molecular weight excluding hydrogens is 578 g/mol. The van der Waals surface area contributed by atoms with Crippen LogP contribution in [-0.2, 0) is 37.0 Å². The predicted octanol–water partition coefficient (Wildman–Crippen LogP) is 8.05. The minimum absolute atomic E-state index is 0.0577. The number of unbranched alkanes of at least 4 members (excludes halogenated alkanes) is 7. The van der Waals surface area contributed by atoms with Gasteiger partial charge in [0.2, 0.25) is 0 Å². The van der Waals surface area contributed by atoms with Gasteiger partial charge in [-0.25, -0.2) is 0 Å². The third kappa shape index (κ3) is 12.5. The topological polar surface area (TPSA) is 66.5 Å². The van der Waals surface area contributed by atoms with Crippen molar-refractivity contribution in [2.45, 2.75) is 122 Å². The SMILES string of the molecule is CCCCCCCCCC[C@@H](OCc1ccccc1)[C@H](OCc1ccc(OC)cc1)[C@@H]1C/C=C\CCC(C(=O)N2CCOCC2)O1. The Morgan fingerprint density at radius 1 is 0.848 bits per heavy atom. The lowest BCUT2D eigenvalue weighted by molar-refractivity contribution is -0.178. The van der Waals surface area contributed by atoms with E-state index in [1.807, 2.05) is 35.2 Å². The molecular formula is C39H57NO6. The Bertz CT molecular complexity index is 1120. The molecule has 0 saturated carbocycles. The summed E-state index contributed by atoms with van der Waals surface area (Å²) in [6.07, 6.45) is 16.0. The summed E-state index contributed by atoms with van der Waals surface area (Å²) in [6, 6.07) is 18.3. The Morgan fingerprint density at radius 3 is 2.24 bits per heavy atom. The zero-order valence-electron chi connectivity index (χ0n) is 28.3. The van der Waals surface area contributed by atoms with Crippen LogP contribution in [0.5, 0.6) is 5.75 Å². The summed E-state index contributed by atoms with van der Waals surface area (Å²) in [5.41, 5.74) is 2.19. The fourth-order valence-electron chi connectivity index (χ4n) is 6.28. The Morgan fingerprint density at radius 2 is 1.52 bits per heavy atom. The number of nitrogens with zero attached hydrogens (tertiary/aromatic N) is 1. The van der Waals surface area contributed by atoms with E-state index in [2.05, 4.69) is 43.3 Å². The van der Waals surface area contributed by atoms with E-state index in [4.69, 9.17) is 23.7 Å². The van der Waals surface area contributed by atoms with Crippen LogP contribution in [-0.4, -0.2) is 68.6 Å². The number of hydrogen-bond donors (Lipinski definition) is 0. The van der Waals surface area contributed by atoms with E-state index in [1.54, 1.807) is 7.11 Å². The zero-order valence-corrected chi connectivity index (χ0v) is 28.3. The Kier molecular flexibility index (Phi) is 16.7. The van der Waals surface area contributed by atoms with Gasteiger partial charge in [-0.1, -0.05) is 113 Å². The molecule has 0 N–H and O–H groups in total. The third-order valence-electron chi connectivity index (χ3n) is 9.05. The second-order valence-electron chi connectivity index (χ2n) is 12.6. The lowest BCUT2D eigenvalue weighted by Gasteiger charge is -2.37. The highest BCUT2D eigenvalue weighted by Crippen LogP contribution is 2.27. The van der Waals surface area contributed by atoms with E-state index in [0.29, 0.717) is 52.4 Å². The quantitative estimate of drug-likeness (QED) is 0.115. The van der Waals surface area contributed by atoms with Gasteiger partial charge < -0.3 is 28.6 Å². The van der Waals surface area contributed by atoms with Crippen LogP contribution < -0.4 is 4.74 Å². The zero-order chi connectivity index (χ0) is 32.2. The van der Waals surface area contributed by atoms with Gasteiger partial charge in [-0.15, -0.1) is 0 Å². The normalized spacial score (nSPS) is 20.8. The molecule has 0 aromatic heterocycles. The minimum atomic E-state index is -0.516. The molecule has 2 aromatic rings. The van der Waals surface area contributed by atoms with Crippen molar-refractivity contribution in [3.8, 4) is 5.75 Å². The summed E-state index contributed by atoms with van der Waals surface area (Å²) >= 11 is 0. The van der Waals surface area contributed by atoms with Crippen molar-refractivity contribution < 1.29 is 28.5 Å². The number of rotatable bonds is 19. The fraction of sp³-hybridized carbons (Fsp3) is 0.615. The first-order chi connectivity index (χ1) is 22.7. The molecule has 7 heteroatoms. The molecule has 0 spiro atoms. The summed E-state index contributed by atoms with van der Waals surface area (Å²) in [6.45, 7) is 5.55. The molecule has 2 heterocycles. The van der Waals surface area contributed by atoms with Gasteiger partial charge in [0.15, 0.2) is 0 Å². The molecule has 0 bridgehead atoms. The van der Waals surface area contributed by atoms with Crippen molar-refractivity contribution in [1.29, 1.82) is 0 Å². The molecule has 4 atom stereocenters. The first-order valence-corrected chi connectivity index (χ1v) is 17.7. The number of allylic oxidation sites excluding steroid dienone is 1. The highest BCUT2D eigenvalue weighted by atomic mass is 16.6. The maximum atomic E-state index is 13.7. The van der Waals surface area contributed by atoms with Crippen molar-refractivity contribution in [1.82, 2.24) is 4.90 Å². The van der Waals surface area contributed by atoms with Crippen LogP contribution in [0.4, 0.5) is 0 Å². The monoisotopic (exact) mass is 635 g/mol. The second kappa shape index (κ2) is 21.2. The Labute approximate surface area is 277 Å². The van der Waals surface area contributed by atoms with Gasteiger partial charge in [0.25, 0.3) is 5.91 Å². The summed E-state index contributed by atoms with van der Waals surface area (Å²) in [5, 5.41) is 0.